The number of rotatable bonds is 4. The molecule has 1 atom stereocenters. The maximum absolute atomic E-state index is 14.3. The van der Waals surface area contributed by atoms with Gasteiger partial charge in [-0.15, -0.1) is 31.4 Å². The van der Waals surface area contributed by atoms with Crippen LogP contribution in [0.5, 0.6) is 0 Å². The lowest BCUT2D eigenvalue weighted by atomic mass is 9.97. The highest BCUT2D eigenvalue weighted by atomic mass is 79.9. The summed E-state index contributed by atoms with van der Waals surface area (Å²) in [6.45, 7) is 9.81. The first-order valence-corrected chi connectivity index (χ1v) is 7.42. The quantitative estimate of drug-likeness (QED) is 0.757. The molecule has 1 aliphatic rings. The predicted octanol–water partition coefficient (Wildman–Crippen LogP) is 4.34. The second-order valence-electron chi connectivity index (χ2n) is 5.11. The zero-order chi connectivity index (χ0) is 13.8. The Kier molecular flexibility index (Phi) is 9.74. The number of nitrogens with zero attached hydrogens (tertiary/aromatic N) is 1. The molecule has 0 saturated carbocycles. The Morgan fingerprint density at radius 3 is 2.57 bits per heavy atom. The fourth-order valence-electron chi connectivity index (χ4n) is 2.54. The smallest absolute Gasteiger partial charge is 0.142 e. The lowest BCUT2D eigenvalue weighted by Gasteiger charge is -2.35. The first kappa shape index (κ1) is 20.9. The summed E-state index contributed by atoms with van der Waals surface area (Å²) in [7, 11) is 0. The molecule has 1 fully saturated rings. The summed E-state index contributed by atoms with van der Waals surface area (Å²) in [6.07, 6.45) is 0.799. The maximum atomic E-state index is 14.3. The van der Waals surface area contributed by atoms with Crippen LogP contribution in [0.2, 0.25) is 0 Å². The molecule has 6 heteroatoms. The van der Waals surface area contributed by atoms with Gasteiger partial charge in [-0.25, -0.2) is 4.39 Å². The van der Waals surface area contributed by atoms with Crippen molar-refractivity contribution in [2.75, 3.05) is 26.2 Å². The topological polar surface area (TPSA) is 15.3 Å². The van der Waals surface area contributed by atoms with E-state index >= 15 is 0 Å². The normalized spacial score (nSPS) is 16.5. The molecular weight excluding hydrogens is 378 g/mol. The highest BCUT2D eigenvalue weighted by molar-refractivity contribution is 9.10. The van der Waals surface area contributed by atoms with Gasteiger partial charge < -0.3 is 5.32 Å². The van der Waals surface area contributed by atoms with Crippen molar-refractivity contribution in [1.29, 1.82) is 0 Å². The van der Waals surface area contributed by atoms with E-state index in [0.717, 1.165) is 43.7 Å². The molecule has 120 valence electrons. The van der Waals surface area contributed by atoms with Crippen molar-refractivity contribution in [2.45, 2.75) is 19.4 Å². The monoisotopic (exact) mass is 398 g/mol. The molecule has 2 nitrogen and oxygen atoms in total. The number of benzene rings is 1. The van der Waals surface area contributed by atoms with Crippen LogP contribution in [-0.2, 0) is 0 Å². The van der Waals surface area contributed by atoms with E-state index in [1.54, 1.807) is 6.07 Å². The molecule has 1 heterocycles. The van der Waals surface area contributed by atoms with Gasteiger partial charge in [0.05, 0.1) is 4.47 Å². The molecule has 0 aliphatic carbocycles. The summed E-state index contributed by atoms with van der Waals surface area (Å²) in [6, 6.07) is 5.61. The minimum atomic E-state index is -0.146. The van der Waals surface area contributed by atoms with Gasteiger partial charge in [0, 0.05) is 37.8 Å². The van der Waals surface area contributed by atoms with E-state index < -0.39 is 0 Å². The van der Waals surface area contributed by atoms with Crippen LogP contribution in [0.25, 0.3) is 0 Å². The van der Waals surface area contributed by atoms with Crippen LogP contribution in [0, 0.1) is 5.82 Å². The minimum Gasteiger partial charge on any atom is -0.314 e. The molecule has 1 aromatic carbocycles. The molecule has 2 rings (SSSR count). The Balaban J connectivity index is 0.00000200. The van der Waals surface area contributed by atoms with Crippen LogP contribution in [0.4, 0.5) is 4.39 Å². The molecule has 0 aromatic heterocycles. The first-order valence-electron chi connectivity index (χ1n) is 6.62. The van der Waals surface area contributed by atoms with Crippen molar-refractivity contribution < 1.29 is 4.39 Å². The second-order valence-corrected chi connectivity index (χ2v) is 5.96. The van der Waals surface area contributed by atoms with Crippen molar-refractivity contribution in [3.63, 3.8) is 0 Å². The molecule has 21 heavy (non-hydrogen) atoms. The van der Waals surface area contributed by atoms with E-state index in [4.69, 9.17) is 0 Å². The number of nitrogens with one attached hydrogen (secondary N) is 1. The third kappa shape index (κ3) is 5.53. The fraction of sp³-hybridized carbons (Fsp3) is 0.467. The maximum Gasteiger partial charge on any atom is 0.142 e. The predicted molar refractivity (Wildman–Crippen MR) is 95.2 cm³/mol. The van der Waals surface area contributed by atoms with Gasteiger partial charge in [0.25, 0.3) is 0 Å². The number of piperazine rings is 1. The average molecular weight is 400 g/mol. The van der Waals surface area contributed by atoms with E-state index in [-0.39, 0.29) is 36.7 Å². The summed E-state index contributed by atoms with van der Waals surface area (Å²) in [5.74, 6) is -0.146. The first-order chi connectivity index (χ1) is 9.09. The van der Waals surface area contributed by atoms with Gasteiger partial charge in [0.2, 0.25) is 0 Å². The number of halogens is 4. The standard InChI is InChI=1S/C15H20BrFN2.2ClH/c1-11(2)10-14(19-8-6-18-7-9-19)12-4-3-5-13(16)15(12)17;;/h3-5,14,18H,1,6-10H2,2H3;2*1H/t14-;;/m1../s1. The molecule has 1 aromatic rings. The third-order valence-corrected chi connectivity index (χ3v) is 4.09. The highest BCUT2D eigenvalue weighted by Gasteiger charge is 2.25. The molecule has 1 saturated heterocycles. The summed E-state index contributed by atoms with van der Waals surface area (Å²) >= 11 is 3.28. The van der Waals surface area contributed by atoms with Gasteiger partial charge >= 0.3 is 0 Å². The highest BCUT2D eigenvalue weighted by Crippen LogP contribution is 2.32. The van der Waals surface area contributed by atoms with Gasteiger partial charge in [-0.05, 0) is 35.3 Å². The van der Waals surface area contributed by atoms with Crippen LogP contribution in [0.15, 0.2) is 34.8 Å². The van der Waals surface area contributed by atoms with Crippen molar-refractivity contribution in [3.05, 3.63) is 46.2 Å². The van der Waals surface area contributed by atoms with Gasteiger partial charge in [-0.2, -0.15) is 0 Å². The molecule has 1 aliphatic heterocycles. The Labute approximate surface area is 147 Å². The van der Waals surface area contributed by atoms with E-state index in [1.165, 1.54) is 0 Å². The third-order valence-electron chi connectivity index (χ3n) is 3.47. The molecule has 0 radical (unpaired) electrons. The Morgan fingerprint density at radius 1 is 1.38 bits per heavy atom. The van der Waals surface area contributed by atoms with Crippen molar-refractivity contribution in [2.24, 2.45) is 0 Å². The minimum absolute atomic E-state index is 0. The molecule has 0 unspecified atom stereocenters. The summed E-state index contributed by atoms with van der Waals surface area (Å²) < 4.78 is 14.9. The largest absolute Gasteiger partial charge is 0.314 e. The fourth-order valence-corrected chi connectivity index (χ4v) is 2.92. The number of hydrogen-bond donors (Lipinski definition) is 1. The lowest BCUT2D eigenvalue weighted by molar-refractivity contribution is 0.169. The average Bonchev–Trinajstić information content (AvgIpc) is 2.40. The molecular formula is C15H22BrCl2FN2. The lowest BCUT2D eigenvalue weighted by Crippen LogP contribution is -2.45. The van der Waals surface area contributed by atoms with Crippen molar-refractivity contribution in [1.82, 2.24) is 10.2 Å². The van der Waals surface area contributed by atoms with E-state index in [9.17, 15) is 4.39 Å². The Hall–Kier alpha value is -0.130. The zero-order valence-electron chi connectivity index (χ0n) is 12.1. The zero-order valence-corrected chi connectivity index (χ0v) is 15.3. The van der Waals surface area contributed by atoms with Crippen molar-refractivity contribution in [3.8, 4) is 0 Å². The summed E-state index contributed by atoms with van der Waals surface area (Å²) in [5, 5.41) is 3.33. The molecule has 0 spiro atoms. The summed E-state index contributed by atoms with van der Waals surface area (Å²) in [4.78, 5) is 2.34. The SMILES string of the molecule is C=C(C)C[C@H](c1cccc(Br)c1F)N1CCNCC1.Cl.Cl. The van der Waals surface area contributed by atoms with E-state index in [0.29, 0.717) is 4.47 Å². The Bertz CT molecular complexity index is 465. The van der Waals surface area contributed by atoms with Crippen LogP contribution < -0.4 is 5.32 Å². The van der Waals surface area contributed by atoms with Gasteiger partial charge in [-0.3, -0.25) is 4.90 Å². The van der Waals surface area contributed by atoms with Gasteiger partial charge in [0.15, 0.2) is 0 Å². The molecule has 0 amide bonds. The molecule has 1 N–H and O–H groups in total. The van der Waals surface area contributed by atoms with E-state index in [1.807, 2.05) is 19.1 Å². The van der Waals surface area contributed by atoms with Crippen LogP contribution in [0.1, 0.15) is 24.9 Å². The number of hydrogen-bond acceptors (Lipinski definition) is 2. The Morgan fingerprint density at radius 2 is 2.00 bits per heavy atom. The van der Waals surface area contributed by atoms with Crippen molar-refractivity contribution >= 4 is 40.7 Å². The van der Waals surface area contributed by atoms with E-state index in [2.05, 4.69) is 32.7 Å². The van der Waals surface area contributed by atoms with Crippen LogP contribution in [0.3, 0.4) is 0 Å². The second kappa shape index (κ2) is 9.80. The molecule has 0 bridgehead atoms. The van der Waals surface area contributed by atoms with Crippen LogP contribution >= 0.6 is 40.7 Å². The van der Waals surface area contributed by atoms with Gasteiger partial charge in [-0.1, -0.05) is 17.7 Å². The van der Waals surface area contributed by atoms with Gasteiger partial charge in [0.1, 0.15) is 5.82 Å². The summed E-state index contributed by atoms with van der Waals surface area (Å²) in [5.41, 5.74) is 1.85. The van der Waals surface area contributed by atoms with Crippen LogP contribution in [-0.4, -0.2) is 31.1 Å².